The van der Waals surface area contributed by atoms with Crippen LogP contribution in [0.25, 0.3) is 11.3 Å². The zero-order valence-corrected chi connectivity index (χ0v) is 14.0. The van der Waals surface area contributed by atoms with Crippen LogP contribution in [-0.2, 0) is 4.74 Å². The molecule has 0 N–H and O–H groups in total. The van der Waals surface area contributed by atoms with Gasteiger partial charge in [0.2, 0.25) is 0 Å². The zero-order chi connectivity index (χ0) is 16.3. The number of hydrogen-bond acceptors (Lipinski definition) is 5. The Morgan fingerprint density at radius 1 is 1.27 bits per heavy atom. The van der Waals surface area contributed by atoms with Crippen molar-refractivity contribution in [2.75, 3.05) is 7.11 Å². The fourth-order valence-corrected chi connectivity index (χ4v) is 2.58. The zero-order valence-electron chi connectivity index (χ0n) is 12.5. The lowest BCUT2D eigenvalue weighted by Crippen LogP contribution is -2.05. The van der Waals surface area contributed by atoms with E-state index in [0.717, 1.165) is 12.8 Å². The van der Waals surface area contributed by atoms with E-state index in [0.29, 0.717) is 32.6 Å². The Hall–Kier alpha value is -1.59. The van der Waals surface area contributed by atoms with Gasteiger partial charge < -0.3 is 9.26 Å². The van der Waals surface area contributed by atoms with Gasteiger partial charge in [0, 0.05) is 23.9 Å². The van der Waals surface area contributed by atoms with E-state index in [1.807, 2.05) is 13.8 Å². The summed E-state index contributed by atoms with van der Waals surface area (Å²) in [5, 5.41) is 4.57. The number of nitrogens with zero attached hydrogens (tertiary/aromatic N) is 2. The minimum Gasteiger partial charge on any atom is -0.465 e. The Bertz CT molecular complexity index is 661. The summed E-state index contributed by atoms with van der Waals surface area (Å²) in [6.45, 7) is 4.00. The molecule has 0 spiro atoms. The second kappa shape index (κ2) is 7.11. The Morgan fingerprint density at radius 2 is 1.86 bits per heavy atom. The smallest absolute Gasteiger partial charge is 0.343 e. The Kier molecular flexibility index (Phi) is 5.42. The molecule has 0 aromatic carbocycles. The van der Waals surface area contributed by atoms with Crippen molar-refractivity contribution < 1.29 is 14.1 Å². The number of halogens is 2. The van der Waals surface area contributed by atoms with Gasteiger partial charge in [0.05, 0.1) is 17.2 Å². The lowest BCUT2D eigenvalue weighted by atomic mass is 10.1. The highest BCUT2D eigenvalue weighted by atomic mass is 35.5. The number of aromatic nitrogens is 2. The number of carbonyl (C=O) groups is 1. The van der Waals surface area contributed by atoms with Crippen LogP contribution >= 0.6 is 23.2 Å². The molecule has 0 amide bonds. The maximum absolute atomic E-state index is 12.0. The maximum atomic E-state index is 12.0. The Morgan fingerprint density at radius 3 is 2.36 bits per heavy atom. The van der Waals surface area contributed by atoms with Crippen molar-refractivity contribution in [3.05, 3.63) is 33.8 Å². The van der Waals surface area contributed by atoms with Crippen molar-refractivity contribution in [3.8, 4) is 11.3 Å². The topological polar surface area (TPSA) is 65.2 Å². The first-order valence-electron chi connectivity index (χ1n) is 7.00. The number of hydrogen-bond donors (Lipinski definition) is 0. The van der Waals surface area contributed by atoms with Crippen LogP contribution in [0, 0.1) is 0 Å². The highest BCUT2D eigenvalue weighted by Gasteiger charge is 2.36. The molecule has 0 unspecified atom stereocenters. The molecule has 0 saturated heterocycles. The van der Waals surface area contributed by atoms with Gasteiger partial charge in [-0.1, -0.05) is 42.2 Å². The summed E-state index contributed by atoms with van der Waals surface area (Å²) in [5.41, 5.74) is 1.03. The molecule has 1 saturated carbocycles. The number of pyridine rings is 1. The molecule has 1 aliphatic carbocycles. The van der Waals surface area contributed by atoms with E-state index in [-0.39, 0.29) is 5.92 Å². The van der Waals surface area contributed by atoms with Crippen LogP contribution in [0.4, 0.5) is 0 Å². The van der Waals surface area contributed by atoms with Gasteiger partial charge in [-0.2, -0.15) is 0 Å². The molecule has 1 fully saturated rings. The van der Waals surface area contributed by atoms with Crippen molar-refractivity contribution in [1.29, 1.82) is 0 Å². The molecule has 3 rings (SSSR count). The third-order valence-corrected chi connectivity index (χ3v) is 3.72. The van der Waals surface area contributed by atoms with Crippen LogP contribution in [0.15, 0.2) is 16.9 Å². The highest BCUT2D eigenvalue weighted by molar-refractivity contribution is 6.39. The summed E-state index contributed by atoms with van der Waals surface area (Å²) in [6, 6.07) is 0. The van der Waals surface area contributed by atoms with E-state index in [2.05, 4.69) is 10.1 Å². The summed E-state index contributed by atoms with van der Waals surface area (Å²) in [4.78, 5) is 15.9. The number of methoxy groups -OCH3 is 1. The summed E-state index contributed by atoms with van der Waals surface area (Å²) < 4.78 is 10.1. The van der Waals surface area contributed by atoms with Crippen LogP contribution in [0.5, 0.6) is 0 Å². The van der Waals surface area contributed by atoms with Gasteiger partial charge >= 0.3 is 5.97 Å². The summed E-state index contributed by atoms with van der Waals surface area (Å²) in [5.74, 6) is 0.243. The second-order valence-corrected chi connectivity index (χ2v) is 5.33. The molecular weight excluding hydrogens is 327 g/mol. The van der Waals surface area contributed by atoms with Crippen molar-refractivity contribution in [2.24, 2.45) is 0 Å². The molecule has 0 bridgehead atoms. The standard InChI is InChI=1S/C13H10Cl2N2O3.C2H6/c1-19-13(18)10-11(17-20-12(10)6-2-3-6)9-7(14)4-16-5-8(9)15;1-2/h4-6H,2-3H2,1H3;1-2H3. The normalized spacial score (nSPS) is 13.3. The molecule has 5 nitrogen and oxygen atoms in total. The summed E-state index contributed by atoms with van der Waals surface area (Å²) in [7, 11) is 1.31. The summed E-state index contributed by atoms with van der Waals surface area (Å²) in [6.07, 6.45) is 4.82. The quantitative estimate of drug-likeness (QED) is 0.754. The molecule has 2 aromatic rings. The predicted molar refractivity (Wildman–Crippen MR) is 84.4 cm³/mol. The number of esters is 1. The van der Waals surface area contributed by atoms with Crippen molar-refractivity contribution >= 4 is 29.2 Å². The number of ether oxygens (including phenoxy) is 1. The largest absolute Gasteiger partial charge is 0.465 e. The van der Waals surface area contributed by atoms with Gasteiger partial charge in [0.25, 0.3) is 0 Å². The molecule has 2 heterocycles. The maximum Gasteiger partial charge on any atom is 0.343 e. The molecule has 0 atom stereocenters. The summed E-state index contributed by atoms with van der Waals surface area (Å²) >= 11 is 12.2. The predicted octanol–water partition coefficient (Wildman–Crippen LogP) is 4.73. The Balaban J connectivity index is 0.000000847. The number of rotatable bonds is 3. The molecule has 0 aliphatic heterocycles. The minimum atomic E-state index is -0.507. The van der Waals surface area contributed by atoms with E-state index in [1.54, 1.807) is 0 Å². The van der Waals surface area contributed by atoms with Gasteiger partial charge in [0.15, 0.2) is 5.76 Å². The molecule has 7 heteroatoms. The minimum absolute atomic E-state index is 0.213. The molecular formula is C15H16Cl2N2O3. The van der Waals surface area contributed by atoms with Crippen LogP contribution in [-0.4, -0.2) is 23.2 Å². The van der Waals surface area contributed by atoms with Crippen LogP contribution in [0.1, 0.15) is 48.7 Å². The lowest BCUT2D eigenvalue weighted by Gasteiger charge is -2.05. The first kappa shape index (κ1) is 16.8. The van der Waals surface area contributed by atoms with Gasteiger partial charge in [0.1, 0.15) is 11.3 Å². The van der Waals surface area contributed by atoms with Crippen LogP contribution in [0.3, 0.4) is 0 Å². The highest BCUT2D eigenvalue weighted by Crippen LogP contribution is 2.45. The van der Waals surface area contributed by atoms with Crippen LogP contribution < -0.4 is 0 Å². The van der Waals surface area contributed by atoms with Crippen LogP contribution in [0.2, 0.25) is 10.0 Å². The fourth-order valence-electron chi connectivity index (χ4n) is 2.03. The molecule has 0 radical (unpaired) electrons. The third kappa shape index (κ3) is 3.10. The molecule has 2 aromatic heterocycles. The molecule has 1 aliphatic rings. The van der Waals surface area contributed by atoms with E-state index in [1.165, 1.54) is 19.5 Å². The molecule has 22 heavy (non-hydrogen) atoms. The van der Waals surface area contributed by atoms with Gasteiger partial charge in [-0.25, -0.2) is 4.79 Å². The van der Waals surface area contributed by atoms with Crippen molar-refractivity contribution in [1.82, 2.24) is 10.1 Å². The van der Waals surface area contributed by atoms with Gasteiger partial charge in [-0.05, 0) is 12.8 Å². The Labute approximate surface area is 138 Å². The van der Waals surface area contributed by atoms with Crippen molar-refractivity contribution in [2.45, 2.75) is 32.6 Å². The average molecular weight is 343 g/mol. The van der Waals surface area contributed by atoms with E-state index in [4.69, 9.17) is 32.5 Å². The van der Waals surface area contributed by atoms with Gasteiger partial charge in [-0.15, -0.1) is 0 Å². The fraction of sp³-hybridized carbons (Fsp3) is 0.400. The monoisotopic (exact) mass is 342 g/mol. The van der Waals surface area contributed by atoms with E-state index in [9.17, 15) is 4.79 Å². The lowest BCUT2D eigenvalue weighted by molar-refractivity contribution is 0.0599. The SMILES string of the molecule is CC.COC(=O)c1c(-c2c(Cl)cncc2Cl)noc1C1CC1. The number of carbonyl (C=O) groups excluding carboxylic acids is 1. The van der Waals surface area contributed by atoms with Crippen molar-refractivity contribution in [3.63, 3.8) is 0 Å². The first-order valence-corrected chi connectivity index (χ1v) is 7.76. The average Bonchev–Trinajstić information content (AvgIpc) is 3.29. The van der Waals surface area contributed by atoms with E-state index >= 15 is 0 Å². The van der Waals surface area contributed by atoms with Gasteiger partial charge in [-0.3, -0.25) is 4.98 Å². The van der Waals surface area contributed by atoms with E-state index < -0.39 is 5.97 Å². The second-order valence-electron chi connectivity index (χ2n) is 4.51. The molecule has 118 valence electrons. The first-order chi connectivity index (χ1) is 10.6. The third-order valence-electron chi connectivity index (χ3n) is 3.15.